The third kappa shape index (κ3) is 4.06. The molecule has 21 heavy (non-hydrogen) atoms. The van der Waals surface area contributed by atoms with Crippen LogP contribution in [0, 0.1) is 0 Å². The molecule has 1 heterocycles. The Morgan fingerprint density at radius 3 is 2.62 bits per heavy atom. The van der Waals surface area contributed by atoms with Crippen molar-refractivity contribution < 1.29 is 9.90 Å². The first-order chi connectivity index (χ1) is 9.97. The molecule has 0 bridgehead atoms. The Hall–Kier alpha value is -1.85. The quantitative estimate of drug-likeness (QED) is 0.890. The van der Waals surface area contributed by atoms with Gasteiger partial charge >= 0.3 is 5.97 Å². The molecule has 1 aromatic heterocycles. The molecule has 0 aliphatic heterocycles. The van der Waals surface area contributed by atoms with Gasteiger partial charge in [0.2, 0.25) is 0 Å². The highest BCUT2D eigenvalue weighted by molar-refractivity contribution is 6.30. The Kier molecular flexibility index (Phi) is 4.98. The van der Waals surface area contributed by atoms with E-state index in [4.69, 9.17) is 11.6 Å². The smallest absolute Gasteiger partial charge is 0.325 e. The summed E-state index contributed by atoms with van der Waals surface area (Å²) in [6, 6.07) is 6.24. The van der Waals surface area contributed by atoms with Crippen LogP contribution in [-0.4, -0.2) is 39.3 Å². The van der Waals surface area contributed by atoms with Crippen molar-refractivity contribution in [3.63, 3.8) is 0 Å². The zero-order valence-corrected chi connectivity index (χ0v) is 12.8. The molecule has 0 aliphatic carbocycles. The van der Waals surface area contributed by atoms with Gasteiger partial charge in [0, 0.05) is 24.8 Å². The van der Waals surface area contributed by atoms with Crippen molar-refractivity contribution in [2.75, 3.05) is 13.6 Å². The highest BCUT2D eigenvalue weighted by Crippen LogP contribution is 2.22. The summed E-state index contributed by atoms with van der Waals surface area (Å²) in [5.41, 5.74) is 1.81. The second-order valence-electron chi connectivity index (χ2n) is 5.05. The lowest BCUT2D eigenvalue weighted by atomic mass is 10.1. The molecule has 1 atom stereocenters. The first-order valence-electron chi connectivity index (χ1n) is 6.63. The number of nitrogens with zero attached hydrogens (tertiary/aromatic N) is 3. The van der Waals surface area contributed by atoms with E-state index in [1.54, 1.807) is 35.1 Å². The van der Waals surface area contributed by atoms with Crippen LogP contribution in [0.4, 0.5) is 0 Å². The van der Waals surface area contributed by atoms with Gasteiger partial charge < -0.3 is 5.11 Å². The molecular formula is C15H18ClN3O2. The number of carboxylic acids is 1. The van der Waals surface area contributed by atoms with E-state index < -0.39 is 12.0 Å². The number of likely N-dealkylation sites (N-methyl/N-ethyl adjacent to an activating group) is 1. The third-order valence-corrected chi connectivity index (χ3v) is 3.62. The maximum absolute atomic E-state index is 11.6. The molecule has 1 unspecified atom stereocenters. The Labute approximate surface area is 128 Å². The van der Waals surface area contributed by atoms with Crippen molar-refractivity contribution in [1.82, 2.24) is 14.7 Å². The molecule has 2 rings (SSSR count). The summed E-state index contributed by atoms with van der Waals surface area (Å²) in [7, 11) is 3.67. The SMILES string of the molecule is CN(CCc1cnn(C)c1)C(C(=O)O)c1ccc(Cl)cc1. The topological polar surface area (TPSA) is 58.4 Å². The van der Waals surface area contributed by atoms with Crippen molar-refractivity contribution in [2.45, 2.75) is 12.5 Å². The lowest BCUT2D eigenvalue weighted by molar-refractivity contribution is -0.143. The fourth-order valence-electron chi connectivity index (χ4n) is 2.27. The lowest BCUT2D eigenvalue weighted by Gasteiger charge is -2.24. The van der Waals surface area contributed by atoms with Gasteiger partial charge in [-0.05, 0) is 36.7 Å². The Bertz CT molecular complexity index is 610. The fraction of sp³-hybridized carbons (Fsp3) is 0.333. The van der Waals surface area contributed by atoms with E-state index in [-0.39, 0.29) is 0 Å². The zero-order chi connectivity index (χ0) is 15.4. The molecule has 0 amide bonds. The van der Waals surface area contributed by atoms with Crippen LogP contribution in [0.15, 0.2) is 36.7 Å². The van der Waals surface area contributed by atoms with Crippen LogP contribution in [0.2, 0.25) is 5.02 Å². The summed E-state index contributed by atoms with van der Waals surface area (Å²) in [6.07, 6.45) is 4.49. The molecule has 1 N–H and O–H groups in total. The number of aromatic nitrogens is 2. The van der Waals surface area contributed by atoms with Gasteiger partial charge in [-0.25, -0.2) is 0 Å². The Morgan fingerprint density at radius 1 is 1.43 bits per heavy atom. The van der Waals surface area contributed by atoms with Crippen molar-refractivity contribution in [2.24, 2.45) is 7.05 Å². The van der Waals surface area contributed by atoms with Gasteiger partial charge in [0.05, 0.1) is 6.20 Å². The molecule has 0 radical (unpaired) electrons. The largest absolute Gasteiger partial charge is 0.480 e. The maximum atomic E-state index is 11.6. The lowest BCUT2D eigenvalue weighted by Crippen LogP contribution is -2.32. The van der Waals surface area contributed by atoms with Gasteiger partial charge in [-0.2, -0.15) is 5.10 Å². The Morgan fingerprint density at radius 2 is 2.10 bits per heavy atom. The van der Waals surface area contributed by atoms with Crippen LogP contribution in [0.1, 0.15) is 17.2 Å². The normalized spacial score (nSPS) is 12.6. The molecule has 0 fully saturated rings. The van der Waals surface area contributed by atoms with E-state index in [9.17, 15) is 9.90 Å². The summed E-state index contributed by atoms with van der Waals surface area (Å²) in [4.78, 5) is 13.4. The third-order valence-electron chi connectivity index (χ3n) is 3.37. The van der Waals surface area contributed by atoms with Crippen LogP contribution in [-0.2, 0) is 18.3 Å². The number of rotatable bonds is 6. The van der Waals surface area contributed by atoms with Gasteiger partial charge in [0.25, 0.3) is 0 Å². The van der Waals surface area contributed by atoms with Gasteiger partial charge in [-0.15, -0.1) is 0 Å². The fourth-order valence-corrected chi connectivity index (χ4v) is 2.39. The zero-order valence-electron chi connectivity index (χ0n) is 12.0. The van der Waals surface area contributed by atoms with Crippen LogP contribution >= 0.6 is 11.6 Å². The minimum absolute atomic E-state index is 0.598. The number of carboxylic acid groups (broad SMARTS) is 1. The highest BCUT2D eigenvalue weighted by atomic mass is 35.5. The minimum atomic E-state index is -0.869. The van der Waals surface area contributed by atoms with Crippen molar-refractivity contribution >= 4 is 17.6 Å². The maximum Gasteiger partial charge on any atom is 0.325 e. The van der Waals surface area contributed by atoms with Gasteiger partial charge in [-0.1, -0.05) is 23.7 Å². The number of carbonyl (C=O) groups is 1. The van der Waals surface area contributed by atoms with E-state index in [2.05, 4.69) is 5.10 Å². The number of benzene rings is 1. The second-order valence-corrected chi connectivity index (χ2v) is 5.48. The van der Waals surface area contributed by atoms with Gasteiger partial charge in [0.1, 0.15) is 6.04 Å². The molecule has 0 saturated carbocycles. The van der Waals surface area contributed by atoms with Crippen LogP contribution in [0.5, 0.6) is 0 Å². The van der Waals surface area contributed by atoms with Crippen LogP contribution in [0.25, 0.3) is 0 Å². The van der Waals surface area contributed by atoms with Crippen LogP contribution < -0.4 is 0 Å². The molecule has 0 saturated heterocycles. The van der Waals surface area contributed by atoms with Gasteiger partial charge in [-0.3, -0.25) is 14.4 Å². The molecule has 6 heteroatoms. The number of halogens is 1. The number of aliphatic carboxylic acids is 1. The summed E-state index contributed by atoms with van der Waals surface area (Å²) in [5, 5.41) is 14.2. The summed E-state index contributed by atoms with van der Waals surface area (Å²) >= 11 is 5.85. The predicted molar refractivity (Wildman–Crippen MR) is 81.4 cm³/mol. The first-order valence-corrected chi connectivity index (χ1v) is 7.01. The average molecular weight is 308 g/mol. The van der Waals surface area contributed by atoms with Gasteiger partial charge in [0.15, 0.2) is 0 Å². The minimum Gasteiger partial charge on any atom is -0.480 e. The molecule has 1 aromatic carbocycles. The van der Waals surface area contributed by atoms with Crippen molar-refractivity contribution in [3.8, 4) is 0 Å². The molecular weight excluding hydrogens is 290 g/mol. The van der Waals surface area contributed by atoms with Crippen LogP contribution in [0.3, 0.4) is 0 Å². The molecule has 112 valence electrons. The Balaban J connectivity index is 2.07. The number of hydrogen-bond acceptors (Lipinski definition) is 3. The molecule has 5 nitrogen and oxygen atoms in total. The molecule has 0 spiro atoms. The standard InChI is InChI=1S/C15H18ClN3O2/c1-18(8-7-11-9-17-19(2)10-11)14(15(20)21)12-3-5-13(16)6-4-12/h3-6,9-10,14H,7-8H2,1-2H3,(H,20,21). The summed E-state index contributed by atoms with van der Waals surface area (Å²) in [6.45, 7) is 0.630. The number of aryl methyl sites for hydroxylation is 1. The van der Waals surface area contributed by atoms with Crippen molar-refractivity contribution in [1.29, 1.82) is 0 Å². The number of hydrogen-bond donors (Lipinski definition) is 1. The monoisotopic (exact) mass is 307 g/mol. The van der Waals surface area contributed by atoms with E-state index in [0.29, 0.717) is 11.6 Å². The summed E-state index contributed by atoms with van der Waals surface area (Å²) < 4.78 is 1.74. The first kappa shape index (κ1) is 15.5. The molecule has 2 aromatic rings. The van der Waals surface area contributed by atoms with E-state index in [0.717, 1.165) is 17.5 Å². The predicted octanol–water partition coefficient (Wildman–Crippen LogP) is 2.37. The van der Waals surface area contributed by atoms with Crippen molar-refractivity contribution in [3.05, 3.63) is 52.8 Å². The summed E-state index contributed by atoms with van der Waals surface area (Å²) in [5.74, 6) is -0.869. The van der Waals surface area contributed by atoms with E-state index >= 15 is 0 Å². The molecule has 0 aliphatic rings. The highest BCUT2D eigenvalue weighted by Gasteiger charge is 2.24. The van der Waals surface area contributed by atoms with E-state index in [1.807, 2.05) is 25.2 Å². The average Bonchev–Trinajstić information content (AvgIpc) is 2.84. The van der Waals surface area contributed by atoms with E-state index in [1.165, 1.54) is 0 Å². The second kappa shape index (κ2) is 6.74.